The van der Waals surface area contributed by atoms with E-state index >= 15 is 0 Å². The summed E-state index contributed by atoms with van der Waals surface area (Å²) in [6.45, 7) is 6.54. The molecule has 0 saturated carbocycles. The summed E-state index contributed by atoms with van der Waals surface area (Å²) in [4.78, 5) is 16.9. The highest BCUT2D eigenvalue weighted by Gasteiger charge is 2.22. The van der Waals surface area contributed by atoms with Gasteiger partial charge in [-0.15, -0.1) is 23.5 Å². The van der Waals surface area contributed by atoms with Gasteiger partial charge in [0, 0.05) is 32.7 Å². The topological polar surface area (TPSA) is 32.8 Å². The molecule has 6 heteroatoms. The van der Waals surface area contributed by atoms with Crippen molar-refractivity contribution in [1.82, 2.24) is 9.80 Å². The van der Waals surface area contributed by atoms with Crippen LogP contribution in [0.15, 0.2) is 48.5 Å². The smallest absolute Gasteiger partial charge is 0.260 e. The zero-order valence-electron chi connectivity index (χ0n) is 17.6. The Kier molecular flexibility index (Phi) is 7.63. The Bertz CT molecular complexity index is 829. The molecular formula is C24H30N2O2S2. The lowest BCUT2D eigenvalue weighted by Crippen LogP contribution is -2.49. The van der Waals surface area contributed by atoms with E-state index in [0.717, 1.165) is 38.5 Å². The van der Waals surface area contributed by atoms with Crippen molar-refractivity contribution < 1.29 is 9.53 Å². The third-order valence-electron chi connectivity index (χ3n) is 5.56. The first kappa shape index (κ1) is 21.6. The maximum Gasteiger partial charge on any atom is 0.260 e. The molecule has 2 aliphatic heterocycles. The number of hydrogen-bond acceptors (Lipinski definition) is 5. The Morgan fingerprint density at radius 1 is 1.03 bits per heavy atom. The minimum Gasteiger partial charge on any atom is -0.484 e. The van der Waals surface area contributed by atoms with Gasteiger partial charge in [0.1, 0.15) is 5.75 Å². The van der Waals surface area contributed by atoms with E-state index in [0.29, 0.717) is 4.58 Å². The summed E-state index contributed by atoms with van der Waals surface area (Å²) in [6, 6.07) is 16.9. The third kappa shape index (κ3) is 5.96. The Hall–Kier alpha value is -1.63. The van der Waals surface area contributed by atoms with Crippen molar-refractivity contribution in [2.45, 2.75) is 24.5 Å². The van der Waals surface area contributed by atoms with Gasteiger partial charge in [0.15, 0.2) is 6.61 Å². The molecule has 0 N–H and O–H groups in total. The molecule has 0 aromatic heterocycles. The highest BCUT2D eigenvalue weighted by Crippen LogP contribution is 2.43. The molecule has 0 atom stereocenters. The molecule has 2 aromatic rings. The zero-order valence-corrected chi connectivity index (χ0v) is 19.2. The van der Waals surface area contributed by atoms with Crippen LogP contribution in [0, 0.1) is 6.92 Å². The van der Waals surface area contributed by atoms with Crippen LogP contribution < -0.4 is 4.74 Å². The van der Waals surface area contributed by atoms with E-state index in [1.165, 1.54) is 34.6 Å². The van der Waals surface area contributed by atoms with Crippen LogP contribution in [-0.2, 0) is 11.3 Å². The monoisotopic (exact) mass is 442 g/mol. The van der Waals surface area contributed by atoms with E-state index < -0.39 is 0 Å². The van der Waals surface area contributed by atoms with Gasteiger partial charge in [-0.2, -0.15) is 0 Å². The molecule has 160 valence electrons. The fourth-order valence-corrected chi connectivity index (χ4v) is 6.76. The average Bonchev–Trinajstić information content (AvgIpc) is 2.79. The summed E-state index contributed by atoms with van der Waals surface area (Å²) >= 11 is 4.04. The number of piperazine rings is 1. The van der Waals surface area contributed by atoms with Gasteiger partial charge < -0.3 is 9.64 Å². The number of thioether (sulfide) groups is 2. The number of hydrogen-bond donors (Lipinski definition) is 0. The van der Waals surface area contributed by atoms with Crippen molar-refractivity contribution in [3.8, 4) is 5.75 Å². The number of carbonyl (C=O) groups is 1. The van der Waals surface area contributed by atoms with Crippen LogP contribution in [0.3, 0.4) is 0 Å². The molecule has 1 amide bonds. The number of carbonyl (C=O) groups excluding carboxylic acids is 1. The molecule has 4 rings (SSSR count). The summed E-state index contributed by atoms with van der Waals surface area (Å²) in [5, 5.41) is 0. The lowest BCUT2D eigenvalue weighted by Gasteiger charge is -2.34. The summed E-state index contributed by atoms with van der Waals surface area (Å²) in [6.07, 6.45) is 1.30. The Morgan fingerprint density at radius 2 is 1.77 bits per heavy atom. The molecule has 2 heterocycles. The lowest BCUT2D eigenvalue weighted by molar-refractivity contribution is -0.135. The fraction of sp³-hybridized carbons (Fsp3) is 0.458. The Balaban J connectivity index is 1.20. The quantitative estimate of drug-likeness (QED) is 0.654. The second kappa shape index (κ2) is 10.6. The van der Waals surface area contributed by atoms with E-state index in [1.807, 2.05) is 40.6 Å². The SMILES string of the molecule is Cc1cccc(CN2CCN(C(=O)COc3ccc(C4SCCCS4)cc3)CC2)c1. The summed E-state index contributed by atoms with van der Waals surface area (Å²) in [5.41, 5.74) is 3.97. The number of aryl methyl sites for hydroxylation is 1. The zero-order chi connectivity index (χ0) is 20.8. The first-order valence-electron chi connectivity index (χ1n) is 10.7. The summed E-state index contributed by atoms with van der Waals surface area (Å²) < 4.78 is 6.31. The minimum atomic E-state index is 0.0765. The van der Waals surface area contributed by atoms with E-state index in [9.17, 15) is 4.79 Å². The number of benzene rings is 2. The highest BCUT2D eigenvalue weighted by atomic mass is 32.2. The van der Waals surface area contributed by atoms with Crippen molar-refractivity contribution in [3.63, 3.8) is 0 Å². The molecule has 0 radical (unpaired) electrons. The summed E-state index contributed by atoms with van der Waals surface area (Å²) in [7, 11) is 0. The second-order valence-corrected chi connectivity index (χ2v) is 10.7. The lowest BCUT2D eigenvalue weighted by atomic mass is 10.1. The van der Waals surface area contributed by atoms with Gasteiger partial charge in [0.25, 0.3) is 5.91 Å². The van der Waals surface area contributed by atoms with Crippen molar-refractivity contribution in [2.75, 3.05) is 44.3 Å². The molecule has 0 bridgehead atoms. The van der Waals surface area contributed by atoms with E-state index in [1.54, 1.807) is 0 Å². The third-order valence-corrected chi connectivity index (χ3v) is 8.57. The first-order chi connectivity index (χ1) is 14.7. The standard InChI is InChI=1S/C24H30N2O2S2/c1-19-4-2-5-20(16-19)17-25-10-12-26(13-11-25)23(27)18-28-22-8-6-21(7-9-22)24-29-14-3-15-30-24/h2,4-9,16,24H,3,10-15,17-18H2,1H3. The van der Waals surface area contributed by atoms with Crippen LogP contribution in [0.5, 0.6) is 5.75 Å². The Labute approximate surface area is 188 Å². The van der Waals surface area contributed by atoms with Crippen LogP contribution >= 0.6 is 23.5 Å². The maximum atomic E-state index is 12.6. The van der Waals surface area contributed by atoms with Gasteiger partial charge in [-0.25, -0.2) is 0 Å². The molecule has 0 aliphatic carbocycles. The number of ether oxygens (including phenoxy) is 1. The molecule has 4 nitrogen and oxygen atoms in total. The van der Waals surface area contributed by atoms with Crippen LogP contribution in [0.1, 0.15) is 27.7 Å². The van der Waals surface area contributed by atoms with Gasteiger partial charge in [0.2, 0.25) is 0 Å². The number of amides is 1. The summed E-state index contributed by atoms with van der Waals surface area (Å²) in [5.74, 6) is 3.33. The average molecular weight is 443 g/mol. The molecule has 2 saturated heterocycles. The van der Waals surface area contributed by atoms with Crippen LogP contribution in [0.25, 0.3) is 0 Å². The second-order valence-electron chi connectivity index (χ2n) is 7.93. The highest BCUT2D eigenvalue weighted by molar-refractivity contribution is 8.16. The van der Waals surface area contributed by atoms with Crippen LogP contribution in [0.4, 0.5) is 0 Å². The van der Waals surface area contributed by atoms with Gasteiger partial charge >= 0.3 is 0 Å². The Morgan fingerprint density at radius 3 is 2.47 bits per heavy atom. The number of nitrogens with zero attached hydrogens (tertiary/aromatic N) is 2. The molecule has 0 unspecified atom stereocenters. The minimum absolute atomic E-state index is 0.0765. The van der Waals surface area contributed by atoms with Gasteiger partial charge in [-0.05, 0) is 48.1 Å². The number of rotatable bonds is 6. The first-order valence-corrected chi connectivity index (χ1v) is 12.8. The molecular weight excluding hydrogens is 412 g/mol. The molecule has 2 aliphatic rings. The fourth-order valence-electron chi connectivity index (χ4n) is 3.86. The van der Waals surface area contributed by atoms with Crippen molar-refractivity contribution >= 4 is 29.4 Å². The molecule has 2 fully saturated rings. The van der Waals surface area contributed by atoms with Crippen molar-refractivity contribution in [1.29, 1.82) is 0 Å². The predicted molar refractivity (Wildman–Crippen MR) is 127 cm³/mol. The van der Waals surface area contributed by atoms with Gasteiger partial charge in [-0.3, -0.25) is 9.69 Å². The maximum absolute atomic E-state index is 12.6. The van der Waals surface area contributed by atoms with Crippen molar-refractivity contribution in [3.05, 3.63) is 65.2 Å². The molecule has 0 spiro atoms. The molecule has 2 aromatic carbocycles. The van der Waals surface area contributed by atoms with Crippen LogP contribution in [0.2, 0.25) is 0 Å². The van der Waals surface area contributed by atoms with Gasteiger partial charge in [0.05, 0.1) is 4.58 Å². The van der Waals surface area contributed by atoms with E-state index in [-0.39, 0.29) is 12.5 Å². The van der Waals surface area contributed by atoms with Crippen LogP contribution in [-0.4, -0.2) is 60.0 Å². The predicted octanol–water partition coefficient (Wildman–Crippen LogP) is 4.59. The normalized spacial score (nSPS) is 18.4. The van der Waals surface area contributed by atoms with Crippen molar-refractivity contribution in [2.24, 2.45) is 0 Å². The van der Waals surface area contributed by atoms with E-state index in [2.05, 4.69) is 48.2 Å². The van der Waals surface area contributed by atoms with E-state index in [4.69, 9.17) is 4.74 Å². The van der Waals surface area contributed by atoms with Gasteiger partial charge in [-0.1, -0.05) is 42.0 Å². The molecule has 30 heavy (non-hydrogen) atoms. The largest absolute Gasteiger partial charge is 0.484 e.